The SMILES string of the molecule is N#Cc1ccc(NC2(C(=O)O)CCC2)cn1. The number of aromatic nitrogens is 1. The Labute approximate surface area is 92.7 Å². The van der Waals surface area contributed by atoms with Gasteiger partial charge in [0.15, 0.2) is 0 Å². The molecule has 0 radical (unpaired) electrons. The maximum Gasteiger partial charge on any atom is 0.329 e. The molecule has 0 bridgehead atoms. The Bertz CT molecular complexity index is 443. The highest BCUT2D eigenvalue weighted by molar-refractivity contribution is 5.83. The molecular formula is C11H11N3O2. The summed E-state index contributed by atoms with van der Waals surface area (Å²) < 4.78 is 0. The Balaban J connectivity index is 2.14. The maximum atomic E-state index is 11.1. The van der Waals surface area contributed by atoms with Crippen LogP contribution in [0.3, 0.4) is 0 Å². The van der Waals surface area contributed by atoms with Crippen LogP contribution in [0.1, 0.15) is 25.0 Å². The van der Waals surface area contributed by atoms with Gasteiger partial charge in [-0.05, 0) is 31.4 Å². The van der Waals surface area contributed by atoms with Crippen molar-refractivity contribution in [2.45, 2.75) is 24.8 Å². The van der Waals surface area contributed by atoms with Crippen molar-refractivity contribution < 1.29 is 9.90 Å². The Hall–Kier alpha value is -2.09. The number of hydrogen-bond donors (Lipinski definition) is 2. The molecule has 0 aliphatic heterocycles. The van der Waals surface area contributed by atoms with E-state index in [2.05, 4.69) is 10.3 Å². The van der Waals surface area contributed by atoms with E-state index in [9.17, 15) is 4.79 Å². The monoisotopic (exact) mass is 217 g/mol. The molecular weight excluding hydrogens is 206 g/mol. The molecule has 1 aliphatic rings. The first-order valence-corrected chi connectivity index (χ1v) is 5.04. The van der Waals surface area contributed by atoms with Crippen molar-refractivity contribution >= 4 is 11.7 Å². The number of rotatable bonds is 3. The zero-order valence-electron chi connectivity index (χ0n) is 8.60. The summed E-state index contributed by atoms with van der Waals surface area (Å²) in [5, 5.41) is 20.7. The number of carboxylic acid groups (broad SMARTS) is 1. The normalized spacial score (nSPS) is 16.9. The minimum atomic E-state index is -0.837. The van der Waals surface area contributed by atoms with Gasteiger partial charge >= 0.3 is 5.97 Å². The van der Waals surface area contributed by atoms with Gasteiger partial charge in [0.05, 0.1) is 11.9 Å². The van der Waals surface area contributed by atoms with Crippen LogP contribution in [0.2, 0.25) is 0 Å². The minimum absolute atomic E-state index is 0.323. The number of nitriles is 1. The third-order valence-corrected chi connectivity index (χ3v) is 2.88. The van der Waals surface area contributed by atoms with E-state index in [4.69, 9.17) is 10.4 Å². The molecule has 0 saturated heterocycles. The Morgan fingerprint density at radius 2 is 2.31 bits per heavy atom. The number of carbonyl (C=O) groups is 1. The number of aliphatic carboxylic acids is 1. The first-order chi connectivity index (χ1) is 7.66. The summed E-state index contributed by atoms with van der Waals surface area (Å²) in [7, 11) is 0. The molecule has 1 fully saturated rings. The molecule has 5 nitrogen and oxygen atoms in total. The molecule has 0 atom stereocenters. The van der Waals surface area contributed by atoms with Crippen molar-refractivity contribution in [3.05, 3.63) is 24.0 Å². The summed E-state index contributed by atoms with van der Waals surface area (Å²) in [5.41, 5.74) is 0.125. The minimum Gasteiger partial charge on any atom is -0.480 e. The van der Waals surface area contributed by atoms with Gasteiger partial charge in [0.2, 0.25) is 0 Å². The van der Waals surface area contributed by atoms with E-state index in [0.29, 0.717) is 24.2 Å². The molecule has 2 rings (SSSR count). The fourth-order valence-electron chi connectivity index (χ4n) is 1.73. The van der Waals surface area contributed by atoms with E-state index in [-0.39, 0.29) is 0 Å². The fourth-order valence-corrected chi connectivity index (χ4v) is 1.73. The summed E-state index contributed by atoms with van der Waals surface area (Å²) >= 11 is 0. The van der Waals surface area contributed by atoms with Crippen LogP contribution in [0, 0.1) is 11.3 Å². The van der Waals surface area contributed by atoms with E-state index in [1.807, 2.05) is 6.07 Å². The molecule has 2 N–H and O–H groups in total. The van der Waals surface area contributed by atoms with Gasteiger partial charge in [-0.2, -0.15) is 5.26 Å². The van der Waals surface area contributed by atoms with Crippen molar-refractivity contribution in [2.75, 3.05) is 5.32 Å². The number of hydrogen-bond acceptors (Lipinski definition) is 4. The standard InChI is InChI=1S/C11H11N3O2/c12-6-8-2-3-9(7-13-8)14-11(10(15)16)4-1-5-11/h2-3,7,14H,1,4-5H2,(H,15,16). The van der Waals surface area contributed by atoms with Crippen molar-refractivity contribution in [2.24, 2.45) is 0 Å². The van der Waals surface area contributed by atoms with Crippen molar-refractivity contribution in [1.29, 1.82) is 5.26 Å². The van der Waals surface area contributed by atoms with Crippen LogP contribution in [0.5, 0.6) is 0 Å². The molecule has 16 heavy (non-hydrogen) atoms. The number of carboxylic acids is 1. The molecule has 0 aromatic carbocycles. The zero-order valence-corrected chi connectivity index (χ0v) is 8.60. The van der Waals surface area contributed by atoms with E-state index < -0.39 is 11.5 Å². The summed E-state index contributed by atoms with van der Waals surface area (Å²) in [4.78, 5) is 15.0. The van der Waals surface area contributed by atoms with Crippen LogP contribution in [-0.2, 0) is 4.79 Å². The van der Waals surface area contributed by atoms with Crippen LogP contribution in [-0.4, -0.2) is 21.6 Å². The Kier molecular flexibility index (Phi) is 2.49. The zero-order chi connectivity index (χ0) is 11.6. The van der Waals surface area contributed by atoms with E-state index in [0.717, 1.165) is 6.42 Å². The van der Waals surface area contributed by atoms with Crippen LogP contribution < -0.4 is 5.32 Å². The molecule has 1 aromatic rings. The number of anilines is 1. The van der Waals surface area contributed by atoms with Crippen LogP contribution in [0.25, 0.3) is 0 Å². The topological polar surface area (TPSA) is 86.0 Å². The summed E-state index contributed by atoms with van der Waals surface area (Å²) in [6.45, 7) is 0. The molecule has 1 heterocycles. The predicted molar refractivity (Wildman–Crippen MR) is 56.8 cm³/mol. The Morgan fingerprint density at radius 1 is 1.56 bits per heavy atom. The second-order valence-corrected chi connectivity index (χ2v) is 3.91. The summed E-state index contributed by atoms with van der Waals surface area (Å²) in [6.07, 6.45) is 3.66. The third kappa shape index (κ3) is 1.70. The molecule has 1 saturated carbocycles. The maximum absolute atomic E-state index is 11.1. The smallest absolute Gasteiger partial charge is 0.329 e. The van der Waals surface area contributed by atoms with Gasteiger partial charge in [0.25, 0.3) is 0 Å². The second kappa shape index (κ2) is 3.81. The number of pyridine rings is 1. The van der Waals surface area contributed by atoms with Gasteiger partial charge in [-0.1, -0.05) is 0 Å². The number of nitrogens with zero attached hydrogens (tertiary/aromatic N) is 2. The molecule has 0 unspecified atom stereocenters. The molecule has 82 valence electrons. The van der Waals surface area contributed by atoms with Gasteiger partial charge < -0.3 is 10.4 Å². The van der Waals surface area contributed by atoms with Crippen molar-refractivity contribution in [3.8, 4) is 6.07 Å². The summed E-state index contributed by atoms with van der Waals surface area (Å²) in [5.74, 6) is -0.830. The van der Waals surface area contributed by atoms with Gasteiger partial charge in [-0.3, -0.25) is 0 Å². The lowest BCUT2D eigenvalue weighted by atomic mass is 9.76. The van der Waals surface area contributed by atoms with Gasteiger partial charge in [-0.25, -0.2) is 9.78 Å². The lowest BCUT2D eigenvalue weighted by molar-refractivity contribution is -0.145. The van der Waals surface area contributed by atoms with Crippen molar-refractivity contribution in [3.63, 3.8) is 0 Å². The quantitative estimate of drug-likeness (QED) is 0.798. The first-order valence-electron chi connectivity index (χ1n) is 5.04. The lowest BCUT2D eigenvalue weighted by Crippen LogP contribution is -2.52. The van der Waals surface area contributed by atoms with Crippen molar-refractivity contribution in [1.82, 2.24) is 4.98 Å². The highest BCUT2D eigenvalue weighted by atomic mass is 16.4. The highest BCUT2D eigenvalue weighted by Gasteiger charge is 2.44. The largest absolute Gasteiger partial charge is 0.480 e. The predicted octanol–water partition coefficient (Wildman–Crippen LogP) is 1.37. The van der Waals surface area contributed by atoms with E-state index in [1.54, 1.807) is 12.1 Å². The van der Waals surface area contributed by atoms with Gasteiger partial charge in [0, 0.05) is 0 Å². The molecule has 1 aliphatic carbocycles. The van der Waals surface area contributed by atoms with Crippen LogP contribution >= 0.6 is 0 Å². The number of nitrogens with one attached hydrogen (secondary N) is 1. The molecule has 0 spiro atoms. The average Bonchev–Trinajstić information content (AvgIpc) is 2.24. The van der Waals surface area contributed by atoms with Gasteiger partial charge in [-0.15, -0.1) is 0 Å². The third-order valence-electron chi connectivity index (χ3n) is 2.88. The Morgan fingerprint density at radius 3 is 2.69 bits per heavy atom. The van der Waals surface area contributed by atoms with E-state index >= 15 is 0 Å². The second-order valence-electron chi connectivity index (χ2n) is 3.91. The molecule has 5 heteroatoms. The fraction of sp³-hybridized carbons (Fsp3) is 0.364. The van der Waals surface area contributed by atoms with E-state index in [1.165, 1.54) is 6.20 Å². The molecule has 1 aromatic heterocycles. The van der Waals surface area contributed by atoms with Crippen LogP contribution in [0.15, 0.2) is 18.3 Å². The summed E-state index contributed by atoms with van der Waals surface area (Å²) in [6, 6.07) is 5.15. The molecule has 0 amide bonds. The average molecular weight is 217 g/mol. The van der Waals surface area contributed by atoms with Gasteiger partial charge in [0.1, 0.15) is 17.3 Å². The lowest BCUT2D eigenvalue weighted by Gasteiger charge is -2.39. The van der Waals surface area contributed by atoms with Crippen LogP contribution in [0.4, 0.5) is 5.69 Å². The first kappa shape index (κ1) is 10.4. The highest BCUT2D eigenvalue weighted by Crippen LogP contribution is 2.35.